The Labute approximate surface area is 88.4 Å². The maximum absolute atomic E-state index is 3.48. The summed E-state index contributed by atoms with van der Waals surface area (Å²) in [5.41, 5.74) is 3.91. The van der Waals surface area contributed by atoms with Crippen molar-refractivity contribution in [3.8, 4) is 0 Å². The Morgan fingerprint density at radius 3 is 2.43 bits per heavy atom. The SMILES string of the molecule is CN(C)CCN1CC(C(C)(C)C)CN1. The smallest absolute Gasteiger partial charge is 0.0258 e. The molecule has 84 valence electrons. The van der Waals surface area contributed by atoms with Crippen molar-refractivity contribution >= 4 is 0 Å². The molecule has 1 N–H and O–H groups in total. The minimum Gasteiger partial charge on any atom is -0.308 e. The molecule has 1 heterocycles. The van der Waals surface area contributed by atoms with Crippen LogP contribution in [-0.2, 0) is 0 Å². The summed E-state index contributed by atoms with van der Waals surface area (Å²) in [7, 11) is 4.24. The van der Waals surface area contributed by atoms with Crippen LogP contribution in [-0.4, -0.2) is 50.2 Å². The second-order valence-electron chi connectivity index (χ2n) is 5.67. The Balaban J connectivity index is 2.27. The van der Waals surface area contributed by atoms with Crippen molar-refractivity contribution in [3.63, 3.8) is 0 Å². The summed E-state index contributed by atoms with van der Waals surface area (Å²) in [6.45, 7) is 11.6. The molecule has 1 aliphatic heterocycles. The lowest BCUT2D eigenvalue weighted by molar-refractivity contribution is 0.199. The van der Waals surface area contributed by atoms with Crippen LogP contribution in [0.5, 0.6) is 0 Å². The Morgan fingerprint density at radius 1 is 1.36 bits per heavy atom. The highest BCUT2D eigenvalue weighted by Gasteiger charge is 2.31. The third-order valence-electron chi connectivity index (χ3n) is 3.04. The van der Waals surface area contributed by atoms with E-state index in [0.29, 0.717) is 5.41 Å². The fourth-order valence-electron chi connectivity index (χ4n) is 1.71. The standard InChI is InChI=1S/C11H25N3/c1-11(2,3)10-8-12-14(9-10)7-6-13(4)5/h10,12H,6-9H2,1-5H3. The van der Waals surface area contributed by atoms with Crippen LogP contribution >= 0.6 is 0 Å². The van der Waals surface area contributed by atoms with Gasteiger partial charge >= 0.3 is 0 Å². The van der Waals surface area contributed by atoms with Gasteiger partial charge in [0.1, 0.15) is 0 Å². The Bertz CT molecular complexity index is 172. The molecule has 1 rings (SSSR count). The number of hydrazine groups is 1. The van der Waals surface area contributed by atoms with Gasteiger partial charge in [0.2, 0.25) is 0 Å². The summed E-state index contributed by atoms with van der Waals surface area (Å²) in [6.07, 6.45) is 0. The van der Waals surface area contributed by atoms with Gasteiger partial charge in [-0.3, -0.25) is 5.43 Å². The van der Waals surface area contributed by atoms with E-state index in [1.807, 2.05) is 0 Å². The first-order valence-electron chi connectivity index (χ1n) is 5.53. The molecule has 3 heteroatoms. The van der Waals surface area contributed by atoms with Crippen molar-refractivity contribution in [2.75, 3.05) is 40.3 Å². The van der Waals surface area contributed by atoms with E-state index in [2.05, 4.69) is 50.2 Å². The third kappa shape index (κ3) is 3.56. The molecule has 1 fully saturated rings. The van der Waals surface area contributed by atoms with E-state index in [4.69, 9.17) is 0 Å². The molecule has 0 aromatic rings. The molecule has 0 radical (unpaired) electrons. The first-order chi connectivity index (χ1) is 6.39. The van der Waals surface area contributed by atoms with Gasteiger partial charge in [0.05, 0.1) is 0 Å². The van der Waals surface area contributed by atoms with Gasteiger partial charge in [-0.15, -0.1) is 0 Å². The van der Waals surface area contributed by atoms with E-state index in [9.17, 15) is 0 Å². The van der Waals surface area contributed by atoms with E-state index in [0.717, 1.165) is 25.6 Å². The average Bonchev–Trinajstić information content (AvgIpc) is 2.47. The van der Waals surface area contributed by atoms with Gasteiger partial charge in [0, 0.05) is 26.2 Å². The molecule has 14 heavy (non-hydrogen) atoms. The van der Waals surface area contributed by atoms with Gasteiger partial charge in [-0.1, -0.05) is 20.8 Å². The van der Waals surface area contributed by atoms with E-state index in [1.54, 1.807) is 0 Å². The molecule has 0 bridgehead atoms. The predicted molar refractivity (Wildman–Crippen MR) is 61.1 cm³/mol. The number of likely N-dealkylation sites (N-methyl/N-ethyl adjacent to an activating group) is 1. The Hall–Kier alpha value is -0.120. The van der Waals surface area contributed by atoms with Gasteiger partial charge in [-0.25, -0.2) is 5.01 Å². The summed E-state index contributed by atoms with van der Waals surface area (Å²) < 4.78 is 0. The molecule has 0 aromatic heterocycles. The van der Waals surface area contributed by atoms with Gasteiger partial charge in [-0.2, -0.15) is 0 Å². The maximum atomic E-state index is 3.48. The number of rotatable bonds is 3. The lowest BCUT2D eigenvalue weighted by atomic mass is 9.81. The second-order valence-corrected chi connectivity index (χ2v) is 5.67. The van der Waals surface area contributed by atoms with Crippen molar-refractivity contribution in [1.29, 1.82) is 0 Å². The molecule has 1 atom stereocenters. The quantitative estimate of drug-likeness (QED) is 0.732. The normalized spacial score (nSPS) is 24.9. The summed E-state index contributed by atoms with van der Waals surface area (Å²) in [6, 6.07) is 0. The van der Waals surface area contributed by atoms with Crippen molar-refractivity contribution in [2.45, 2.75) is 20.8 Å². The highest BCUT2D eigenvalue weighted by Crippen LogP contribution is 2.28. The summed E-state index contributed by atoms with van der Waals surface area (Å²) >= 11 is 0. The van der Waals surface area contributed by atoms with Crippen LogP contribution in [0.3, 0.4) is 0 Å². The molecule has 0 spiro atoms. The minimum absolute atomic E-state index is 0.430. The van der Waals surface area contributed by atoms with Crippen molar-refractivity contribution in [3.05, 3.63) is 0 Å². The molecule has 1 saturated heterocycles. The molecule has 1 aliphatic rings. The lowest BCUT2D eigenvalue weighted by Crippen LogP contribution is -2.36. The van der Waals surface area contributed by atoms with Crippen LogP contribution < -0.4 is 5.43 Å². The molecule has 0 aromatic carbocycles. The van der Waals surface area contributed by atoms with Crippen molar-refractivity contribution in [1.82, 2.24) is 15.3 Å². The van der Waals surface area contributed by atoms with Crippen LogP contribution in [0.25, 0.3) is 0 Å². The highest BCUT2D eigenvalue weighted by molar-refractivity contribution is 4.82. The molecular formula is C11H25N3. The van der Waals surface area contributed by atoms with E-state index >= 15 is 0 Å². The largest absolute Gasteiger partial charge is 0.308 e. The Morgan fingerprint density at radius 2 is 2.00 bits per heavy atom. The number of hydrogen-bond donors (Lipinski definition) is 1. The maximum Gasteiger partial charge on any atom is 0.0258 e. The zero-order valence-electron chi connectivity index (χ0n) is 10.3. The van der Waals surface area contributed by atoms with Gasteiger partial charge in [0.15, 0.2) is 0 Å². The first-order valence-corrected chi connectivity index (χ1v) is 5.53. The topological polar surface area (TPSA) is 18.5 Å². The monoisotopic (exact) mass is 199 g/mol. The predicted octanol–water partition coefficient (Wildman–Crippen LogP) is 1.03. The van der Waals surface area contributed by atoms with E-state index in [1.165, 1.54) is 6.54 Å². The minimum atomic E-state index is 0.430. The summed E-state index contributed by atoms with van der Waals surface area (Å²) in [4.78, 5) is 2.23. The van der Waals surface area contributed by atoms with Crippen LogP contribution in [0.2, 0.25) is 0 Å². The highest BCUT2D eigenvalue weighted by atomic mass is 15.5. The number of nitrogens with zero attached hydrogens (tertiary/aromatic N) is 2. The lowest BCUT2D eigenvalue weighted by Gasteiger charge is -2.26. The first kappa shape index (κ1) is 12.0. The molecule has 0 saturated carbocycles. The van der Waals surface area contributed by atoms with E-state index in [-0.39, 0.29) is 0 Å². The number of nitrogens with one attached hydrogen (secondary N) is 1. The molecular weight excluding hydrogens is 174 g/mol. The van der Waals surface area contributed by atoms with Crippen LogP contribution in [0.15, 0.2) is 0 Å². The van der Waals surface area contributed by atoms with Crippen molar-refractivity contribution < 1.29 is 0 Å². The fourth-order valence-corrected chi connectivity index (χ4v) is 1.71. The van der Waals surface area contributed by atoms with Crippen LogP contribution in [0, 0.1) is 11.3 Å². The third-order valence-corrected chi connectivity index (χ3v) is 3.04. The average molecular weight is 199 g/mol. The molecule has 1 unspecified atom stereocenters. The summed E-state index contributed by atoms with van der Waals surface area (Å²) in [5, 5.41) is 2.36. The van der Waals surface area contributed by atoms with Crippen molar-refractivity contribution in [2.24, 2.45) is 11.3 Å². The van der Waals surface area contributed by atoms with E-state index < -0.39 is 0 Å². The fraction of sp³-hybridized carbons (Fsp3) is 1.00. The van der Waals surface area contributed by atoms with Crippen LogP contribution in [0.1, 0.15) is 20.8 Å². The Kier molecular flexibility index (Phi) is 3.93. The molecule has 3 nitrogen and oxygen atoms in total. The number of hydrogen-bond acceptors (Lipinski definition) is 3. The molecule has 0 aliphatic carbocycles. The van der Waals surface area contributed by atoms with Gasteiger partial charge < -0.3 is 4.90 Å². The zero-order valence-corrected chi connectivity index (χ0v) is 10.3. The zero-order chi connectivity index (χ0) is 10.8. The summed E-state index contributed by atoms with van der Waals surface area (Å²) in [5.74, 6) is 0.782. The van der Waals surface area contributed by atoms with Gasteiger partial charge in [-0.05, 0) is 25.4 Å². The van der Waals surface area contributed by atoms with Crippen LogP contribution in [0.4, 0.5) is 0 Å². The van der Waals surface area contributed by atoms with Gasteiger partial charge in [0.25, 0.3) is 0 Å². The molecule has 0 amide bonds. The second kappa shape index (κ2) is 4.60.